The molecule has 1 aromatic rings. The number of ether oxygens (including phenoxy) is 1. The van der Waals surface area contributed by atoms with Gasteiger partial charge in [-0.15, -0.1) is 24.0 Å². The third kappa shape index (κ3) is 9.25. The van der Waals surface area contributed by atoms with Crippen LogP contribution in [0.15, 0.2) is 29.3 Å². The van der Waals surface area contributed by atoms with Crippen LogP contribution in [-0.2, 0) is 4.79 Å². The molecule has 0 heterocycles. The first-order chi connectivity index (χ1) is 12.6. The van der Waals surface area contributed by atoms with Gasteiger partial charge in [-0.05, 0) is 38.3 Å². The van der Waals surface area contributed by atoms with E-state index in [2.05, 4.69) is 15.6 Å². The van der Waals surface area contributed by atoms with E-state index in [9.17, 15) is 9.18 Å². The number of benzene rings is 1. The van der Waals surface area contributed by atoms with Crippen LogP contribution in [0.2, 0.25) is 0 Å². The lowest BCUT2D eigenvalue weighted by atomic mass is 10.3. The van der Waals surface area contributed by atoms with Crippen molar-refractivity contribution < 1.29 is 13.9 Å². The number of nitrogens with one attached hydrogen (secondary N) is 2. The number of nitrogens with zero attached hydrogens (tertiary/aromatic N) is 2. The summed E-state index contributed by atoms with van der Waals surface area (Å²) in [7, 11) is 1.91. The van der Waals surface area contributed by atoms with E-state index in [1.807, 2.05) is 18.9 Å². The Balaban J connectivity index is 0.00000364. The van der Waals surface area contributed by atoms with Crippen molar-refractivity contribution in [3.63, 3.8) is 0 Å². The molecule has 1 amide bonds. The van der Waals surface area contributed by atoms with Crippen LogP contribution in [0, 0.1) is 5.82 Å². The summed E-state index contributed by atoms with van der Waals surface area (Å²) in [6.45, 7) is 4.26. The zero-order valence-corrected chi connectivity index (χ0v) is 18.4. The van der Waals surface area contributed by atoms with Crippen molar-refractivity contribution in [1.82, 2.24) is 15.5 Å². The normalized spacial score (nSPS) is 13.5. The van der Waals surface area contributed by atoms with Gasteiger partial charge in [0.25, 0.3) is 0 Å². The quantitative estimate of drug-likeness (QED) is 0.228. The Morgan fingerprint density at radius 3 is 2.78 bits per heavy atom. The minimum Gasteiger partial charge on any atom is -0.489 e. The molecule has 0 atom stereocenters. The summed E-state index contributed by atoms with van der Waals surface area (Å²) >= 11 is 0. The maximum atomic E-state index is 13.5. The van der Waals surface area contributed by atoms with Gasteiger partial charge in [0.1, 0.15) is 6.61 Å². The van der Waals surface area contributed by atoms with Crippen molar-refractivity contribution in [3.05, 3.63) is 30.1 Å². The number of rotatable bonds is 10. The largest absolute Gasteiger partial charge is 0.489 e. The van der Waals surface area contributed by atoms with Crippen molar-refractivity contribution in [2.45, 2.75) is 38.6 Å². The number of aliphatic imine (C=N–C) groups is 1. The lowest BCUT2D eigenvalue weighted by molar-refractivity contribution is -0.121. The summed E-state index contributed by atoms with van der Waals surface area (Å²) in [6.07, 6.45) is 3.43. The Hall–Kier alpha value is -1.58. The molecule has 0 spiro atoms. The second-order valence-corrected chi connectivity index (χ2v) is 6.38. The number of carbonyl (C=O) groups is 1. The second-order valence-electron chi connectivity index (χ2n) is 6.38. The number of amides is 1. The van der Waals surface area contributed by atoms with Crippen molar-refractivity contribution in [2.75, 3.05) is 33.3 Å². The fourth-order valence-corrected chi connectivity index (χ4v) is 2.38. The van der Waals surface area contributed by atoms with Gasteiger partial charge in [-0.1, -0.05) is 12.1 Å². The average Bonchev–Trinajstić information content (AvgIpc) is 3.43. The molecular formula is C19H30FIN4O2. The lowest BCUT2D eigenvalue weighted by Crippen LogP contribution is -2.41. The Labute approximate surface area is 178 Å². The average molecular weight is 492 g/mol. The van der Waals surface area contributed by atoms with Gasteiger partial charge >= 0.3 is 0 Å². The van der Waals surface area contributed by atoms with E-state index in [0.717, 1.165) is 25.3 Å². The first-order valence-electron chi connectivity index (χ1n) is 9.26. The number of hydrogen-bond acceptors (Lipinski definition) is 3. The molecule has 0 aliphatic heterocycles. The van der Waals surface area contributed by atoms with Gasteiger partial charge in [-0.25, -0.2) is 4.39 Å². The summed E-state index contributed by atoms with van der Waals surface area (Å²) in [4.78, 5) is 18.2. The smallest absolute Gasteiger partial charge is 0.220 e. The van der Waals surface area contributed by atoms with Crippen molar-refractivity contribution in [1.29, 1.82) is 0 Å². The topological polar surface area (TPSA) is 66.0 Å². The standard InChI is InChI=1S/C19H29FN4O2.HI/c1-3-21-19(22-12-6-9-18(25)23-15-10-11-15)24(2)13-14-26-17-8-5-4-7-16(17)20;/h4-5,7-8,15H,3,6,9-14H2,1-2H3,(H,21,22)(H,23,25);1H. The van der Waals surface area contributed by atoms with E-state index in [4.69, 9.17) is 4.74 Å². The van der Waals surface area contributed by atoms with Gasteiger partial charge in [0.2, 0.25) is 5.91 Å². The van der Waals surface area contributed by atoms with E-state index in [1.54, 1.807) is 18.2 Å². The first kappa shape index (κ1) is 23.5. The third-order valence-electron chi connectivity index (χ3n) is 3.98. The zero-order chi connectivity index (χ0) is 18.8. The molecule has 0 radical (unpaired) electrons. The molecule has 152 valence electrons. The van der Waals surface area contributed by atoms with Crippen LogP contribution in [0.4, 0.5) is 4.39 Å². The fourth-order valence-electron chi connectivity index (χ4n) is 2.38. The van der Waals surface area contributed by atoms with Crippen molar-refractivity contribution in [2.24, 2.45) is 4.99 Å². The van der Waals surface area contributed by atoms with Gasteiger partial charge in [0, 0.05) is 32.6 Å². The van der Waals surface area contributed by atoms with E-state index in [1.165, 1.54) is 6.07 Å². The highest BCUT2D eigenvalue weighted by atomic mass is 127. The monoisotopic (exact) mass is 492 g/mol. The third-order valence-corrected chi connectivity index (χ3v) is 3.98. The minimum absolute atomic E-state index is 0. The minimum atomic E-state index is -0.361. The predicted molar refractivity (Wildman–Crippen MR) is 116 cm³/mol. The van der Waals surface area contributed by atoms with Crippen LogP contribution in [0.1, 0.15) is 32.6 Å². The Kier molecular flexibility index (Phi) is 11.1. The van der Waals surface area contributed by atoms with Crippen LogP contribution < -0.4 is 15.4 Å². The van der Waals surface area contributed by atoms with Crippen LogP contribution in [0.25, 0.3) is 0 Å². The number of halogens is 2. The van der Waals surface area contributed by atoms with Crippen LogP contribution in [0.3, 0.4) is 0 Å². The molecule has 2 N–H and O–H groups in total. The highest BCUT2D eigenvalue weighted by Crippen LogP contribution is 2.18. The van der Waals surface area contributed by atoms with Gasteiger partial charge in [-0.3, -0.25) is 9.79 Å². The molecular weight excluding hydrogens is 462 g/mol. The Morgan fingerprint density at radius 1 is 1.37 bits per heavy atom. The van der Waals surface area contributed by atoms with Gasteiger partial charge < -0.3 is 20.3 Å². The number of hydrogen-bond donors (Lipinski definition) is 2. The molecule has 1 saturated carbocycles. The molecule has 27 heavy (non-hydrogen) atoms. The molecule has 1 aliphatic carbocycles. The predicted octanol–water partition coefficient (Wildman–Crippen LogP) is 2.78. The molecule has 6 nitrogen and oxygen atoms in total. The Bertz CT molecular complexity index is 611. The molecule has 1 aliphatic rings. The number of likely N-dealkylation sites (N-methyl/N-ethyl adjacent to an activating group) is 1. The molecule has 0 unspecified atom stereocenters. The summed E-state index contributed by atoms with van der Waals surface area (Å²) in [5.74, 6) is 0.760. The zero-order valence-electron chi connectivity index (χ0n) is 16.0. The summed E-state index contributed by atoms with van der Waals surface area (Å²) in [5.41, 5.74) is 0. The number of para-hydroxylation sites is 1. The first-order valence-corrected chi connectivity index (χ1v) is 9.26. The van der Waals surface area contributed by atoms with Gasteiger partial charge in [-0.2, -0.15) is 0 Å². The maximum Gasteiger partial charge on any atom is 0.220 e. The highest BCUT2D eigenvalue weighted by Gasteiger charge is 2.22. The molecule has 2 rings (SSSR count). The fraction of sp³-hybridized carbons (Fsp3) is 0.579. The molecule has 1 aromatic carbocycles. The maximum absolute atomic E-state index is 13.5. The van der Waals surface area contributed by atoms with E-state index >= 15 is 0 Å². The van der Waals surface area contributed by atoms with E-state index in [0.29, 0.717) is 38.6 Å². The van der Waals surface area contributed by atoms with Crippen LogP contribution in [-0.4, -0.2) is 56.1 Å². The molecule has 0 bridgehead atoms. The van der Waals surface area contributed by atoms with E-state index in [-0.39, 0.29) is 41.5 Å². The summed E-state index contributed by atoms with van der Waals surface area (Å²) in [5, 5.41) is 6.20. The molecule has 8 heteroatoms. The summed E-state index contributed by atoms with van der Waals surface area (Å²) in [6, 6.07) is 6.77. The molecule has 0 saturated heterocycles. The highest BCUT2D eigenvalue weighted by molar-refractivity contribution is 14.0. The molecule has 0 aromatic heterocycles. The Morgan fingerprint density at radius 2 is 2.11 bits per heavy atom. The van der Waals surface area contributed by atoms with Crippen molar-refractivity contribution in [3.8, 4) is 5.75 Å². The van der Waals surface area contributed by atoms with Gasteiger partial charge in [0.15, 0.2) is 17.5 Å². The van der Waals surface area contributed by atoms with E-state index < -0.39 is 0 Å². The van der Waals surface area contributed by atoms with Crippen LogP contribution in [0.5, 0.6) is 5.75 Å². The number of guanidine groups is 1. The molecule has 1 fully saturated rings. The summed E-state index contributed by atoms with van der Waals surface area (Å²) < 4.78 is 19.0. The SMILES string of the molecule is CCNC(=NCCCC(=O)NC1CC1)N(C)CCOc1ccccc1F.I. The van der Waals surface area contributed by atoms with Crippen molar-refractivity contribution >= 4 is 35.8 Å². The van der Waals surface area contributed by atoms with Crippen LogP contribution >= 0.6 is 24.0 Å². The number of carbonyl (C=O) groups excluding carboxylic acids is 1. The lowest BCUT2D eigenvalue weighted by Gasteiger charge is -2.22. The van der Waals surface area contributed by atoms with Gasteiger partial charge in [0.05, 0.1) is 6.54 Å². The second kappa shape index (κ2) is 12.7.